The highest BCUT2D eigenvalue weighted by Gasteiger charge is 2.26. The maximum Gasteiger partial charge on any atom is 0.125 e. The normalized spacial score (nSPS) is 27.5. The molecule has 0 saturated carbocycles. The van der Waals surface area contributed by atoms with Crippen molar-refractivity contribution in [1.82, 2.24) is 0 Å². The van der Waals surface area contributed by atoms with Crippen LogP contribution in [-0.4, -0.2) is 22.9 Å². The molecular formula is C9H10O3. The van der Waals surface area contributed by atoms with E-state index in [0.29, 0.717) is 11.3 Å². The van der Waals surface area contributed by atoms with Gasteiger partial charge >= 0.3 is 0 Å². The molecule has 0 aliphatic carbocycles. The minimum Gasteiger partial charge on any atom is -0.490 e. The molecule has 1 aromatic rings. The molecule has 1 heterocycles. The summed E-state index contributed by atoms with van der Waals surface area (Å²) in [5.41, 5.74) is 0.663. The van der Waals surface area contributed by atoms with E-state index in [-0.39, 0.29) is 6.61 Å². The molecule has 0 spiro atoms. The third-order valence-corrected chi connectivity index (χ3v) is 2.01. The Morgan fingerprint density at radius 3 is 2.83 bits per heavy atom. The van der Waals surface area contributed by atoms with Crippen molar-refractivity contribution < 1.29 is 14.9 Å². The number of hydrogen-bond acceptors (Lipinski definition) is 3. The van der Waals surface area contributed by atoms with Gasteiger partial charge in [0.1, 0.15) is 24.6 Å². The average Bonchev–Trinajstić information content (AvgIpc) is 2.12. The fourth-order valence-corrected chi connectivity index (χ4v) is 1.33. The number of hydrogen-bond donors (Lipinski definition) is 2. The molecule has 0 saturated heterocycles. The van der Waals surface area contributed by atoms with Gasteiger partial charge in [-0.15, -0.1) is 0 Å². The zero-order chi connectivity index (χ0) is 8.55. The maximum absolute atomic E-state index is 9.50. The molecule has 2 rings (SSSR count). The molecule has 0 radical (unpaired) electrons. The Kier molecular flexibility index (Phi) is 1.75. The Morgan fingerprint density at radius 2 is 2.00 bits per heavy atom. The molecular weight excluding hydrogens is 156 g/mol. The summed E-state index contributed by atoms with van der Waals surface area (Å²) in [6.45, 7) is 0.165. The molecule has 0 amide bonds. The lowest BCUT2D eigenvalue weighted by Crippen LogP contribution is -2.30. The fraction of sp³-hybridized carbons (Fsp3) is 0.333. The first-order chi connectivity index (χ1) is 5.79. The molecule has 64 valence electrons. The predicted octanol–water partition coefficient (Wildman–Crippen LogP) is 0.473. The van der Waals surface area contributed by atoms with Crippen molar-refractivity contribution in [2.24, 2.45) is 0 Å². The molecule has 0 aromatic heterocycles. The van der Waals surface area contributed by atoms with E-state index in [1.165, 1.54) is 0 Å². The number of ether oxygens (including phenoxy) is 1. The summed E-state index contributed by atoms with van der Waals surface area (Å²) < 4.78 is 5.20. The highest BCUT2D eigenvalue weighted by Crippen LogP contribution is 2.31. The molecule has 3 nitrogen and oxygen atoms in total. The van der Waals surface area contributed by atoms with Gasteiger partial charge in [-0.2, -0.15) is 0 Å². The molecule has 2 N–H and O–H groups in total. The monoisotopic (exact) mass is 166 g/mol. The zero-order valence-electron chi connectivity index (χ0n) is 6.47. The molecule has 0 unspecified atom stereocenters. The van der Waals surface area contributed by atoms with Crippen LogP contribution in [0.1, 0.15) is 11.7 Å². The first-order valence-corrected chi connectivity index (χ1v) is 3.87. The van der Waals surface area contributed by atoms with Crippen molar-refractivity contribution in [2.45, 2.75) is 12.2 Å². The molecule has 12 heavy (non-hydrogen) atoms. The minimum absolute atomic E-state index is 0.165. The average molecular weight is 166 g/mol. The molecule has 0 fully saturated rings. The van der Waals surface area contributed by atoms with Gasteiger partial charge in [-0.25, -0.2) is 0 Å². The predicted molar refractivity (Wildman–Crippen MR) is 42.9 cm³/mol. The van der Waals surface area contributed by atoms with Crippen molar-refractivity contribution in [3.63, 3.8) is 0 Å². The van der Waals surface area contributed by atoms with Crippen LogP contribution in [0, 0.1) is 0 Å². The molecule has 1 aromatic carbocycles. The summed E-state index contributed by atoms with van der Waals surface area (Å²) in [5.74, 6) is 0.662. The van der Waals surface area contributed by atoms with Crippen LogP contribution >= 0.6 is 0 Å². The lowest BCUT2D eigenvalue weighted by atomic mass is 10.0. The van der Waals surface area contributed by atoms with Crippen molar-refractivity contribution in [2.75, 3.05) is 6.61 Å². The van der Waals surface area contributed by atoms with Gasteiger partial charge in [0.05, 0.1) is 0 Å². The molecule has 0 bridgehead atoms. The van der Waals surface area contributed by atoms with Gasteiger partial charge in [-0.1, -0.05) is 18.2 Å². The van der Waals surface area contributed by atoms with Gasteiger partial charge < -0.3 is 14.9 Å². The lowest BCUT2D eigenvalue weighted by Gasteiger charge is -2.26. The SMILES string of the molecule is O[C@@H]1c2ccccc2OC[C@@H]1O. The van der Waals surface area contributed by atoms with Gasteiger partial charge in [-0.3, -0.25) is 0 Å². The maximum atomic E-state index is 9.50. The highest BCUT2D eigenvalue weighted by atomic mass is 16.5. The van der Waals surface area contributed by atoms with Crippen LogP contribution in [0.4, 0.5) is 0 Å². The lowest BCUT2D eigenvalue weighted by molar-refractivity contribution is -0.0255. The largest absolute Gasteiger partial charge is 0.490 e. The van der Waals surface area contributed by atoms with E-state index in [0.717, 1.165) is 0 Å². The van der Waals surface area contributed by atoms with E-state index in [9.17, 15) is 10.2 Å². The quantitative estimate of drug-likeness (QED) is 0.589. The number of aliphatic hydroxyl groups excluding tert-OH is 2. The van der Waals surface area contributed by atoms with Crippen molar-refractivity contribution in [3.05, 3.63) is 29.8 Å². The summed E-state index contributed by atoms with van der Waals surface area (Å²) in [6.07, 6.45) is -1.62. The second-order valence-corrected chi connectivity index (χ2v) is 2.86. The van der Waals surface area contributed by atoms with Crippen LogP contribution in [0.5, 0.6) is 5.75 Å². The van der Waals surface area contributed by atoms with Crippen LogP contribution in [0.25, 0.3) is 0 Å². The number of fused-ring (bicyclic) bond motifs is 1. The highest BCUT2D eigenvalue weighted by molar-refractivity contribution is 5.37. The Balaban J connectivity index is 2.42. The number of para-hydroxylation sites is 1. The van der Waals surface area contributed by atoms with E-state index >= 15 is 0 Å². The summed E-state index contributed by atoms with van der Waals surface area (Å²) in [6, 6.07) is 7.18. The zero-order valence-corrected chi connectivity index (χ0v) is 6.47. The summed E-state index contributed by atoms with van der Waals surface area (Å²) in [4.78, 5) is 0. The minimum atomic E-state index is -0.810. The van der Waals surface area contributed by atoms with Crippen molar-refractivity contribution in [1.29, 1.82) is 0 Å². The Hall–Kier alpha value is -1.06. The van der Waals surface area contributed by atoms with Gasteiger partial charge in [0, 0.05) is 5.56 Å². The second kappa shape index (κ2) is 2.77. The standard InChI is InChI=1S/C9H10O3/c10-7-5-12-8-4-2-1-3-6(8)9(7)11/h1-4,7,9-11H,5H2/t7-,9+/m0/s1. The first kappa shape index (κ1) is 7.58. The van der Waals surface area contributed by atoms with Crippen LogP contribution in [-0.2, 0) is 0 Å². The van der Waals surface area contributed by atoms with E-state index < -0.39 is 12.2 Å². The Labute approximate surface area is 70.2 Å². The number of benzene rings is 1. The smallest absolute Gasteiger partial charge is 0.125 e. The number of aliphatic hydroxyl groups is 2. The fourth-order valence-electron chi connectivity index (χ4n) is 1.33. The molecule has 1 aliphatic rings. The Bertz CT molecular complexity index is 285. The number of rotatable bonds is 0. The molecule has 2 atom stereocenters. The van der Waals surface area contributed by atoms with Crippen LogP contribution in [0.2, 0.25) is 0 Å². The van der Waals surface area contributed by atoms with Crippen LogP contribution in [0.15, 0.2) is 24.3 Å². The van der Waals surface area contributed by atoms with Gasteiger partial charge in [-0.05, 0) is 6.07 Å². The van der Waals surface area contributed by atoms with E-state index in [1.807, 2.05) is 12.1 Å². The molecule has 3 heteroatoms. The summed E-state index contributed by atoms with van der Waals surface area (Å²) in [5, 5.41) is 18.7. The van der Waals surface area contributed by atoms with Gasteiger partial charge in [0.25, 0.3) is 0 Å². The summed E-state index contributed by atoms with van der Waals surface area (Å²) >= 11 is 0. The van der Waals surface area contributed by atoms with Crippen molar-refractivity contribution in [3.8, 4) is 5.75 Å². The third kappa shape index (κ3) is 1.07. The Morgan fingerprint density at radius 1 is 1.25 bits per heavy atom. The second-order valence-electron chi connectivity index (χ2n) is 2.86. The van der Waals surface area contributed by atoms with E-state index in [1.54, 1.807) is 12.1 Å². The summed E-state index contributed by atoms with van der Waals surface area (Å²) in [7, 11) is 0. The van der Waals surface area contributed by atoms with E-state index in [2.05, 4.69) is 0 Å². The van der Waals surface area contributed by atoms with Gasteiger partial charge in [0.2, 0.25) is 0 Å². The first-order valence-electron chi connectivity index (χ1n) is 3.87. The van der Waals surface area contributed by atoms with Crippen LogP contribution < -0.4 is 4.74 Å². The third-order valence-electron chi connectivity index (χ3n) is 2.01. The van der Waals surface area contributed by atoms with Gasteiger partial charge in [0.15, 0.2) is 0 Å². The van der Waals surface area contributed by atoms with Crippen LogP contribution in [0.3, 0.4) is 0 Å². The topological polar surface area (TPSA) is 49.7 Å². The van der Waals surface area contributed by atoms with E-state index in [4.69, 9.17) is 4.74 Å². The molecule has 1 aliphatic heterocycles. The van der Waals surface area contributed by atoms with Crippen molar-refractivity contribution >= 4 is 0 Å².